The highest BCUT2D eigenvalue weighted by atomic mass is 16.5. The quantitative estimate of drug-likeness (QED) is 0.924. The Morgan fingerprint density at radius 2 is 2.05 bits per heavy atom. The highest BCUT2D eigenvalue weighted by molar-refractivity contribution is 5.44. The molecule has 0 bridgehead atoms. The maximum atomic E-state index is 5.80. The Labute approximate surface area is 127 Å². The zero-order valence-electron chi connectivity index (χ0n) is 13.1. The van der Waals surface area contributed by atoms with Crippen molar-refractivity contribution in [2.45, 2.75) is 38.3 Å². The van der Waals surface area contributed by atoms with Crippen LogP contribution in [0.5, 0.6) is 11.5 Å². The van der Waals surface area contributed by atoms with Crippen molar-refractivity contribution in [3.8, 4) is 11.5 Å². The van der Waals surface area contributed by atoms with E-state index in [2.05, 4.69) is 36.3 Å². The Bertz CT molecular complexity index is 472. The van der Waals surface area contributed by atoms with Gasteiger partial charge in [0.2, 0.25) is 0 Å². The highest BCUT2D eigenvalue weighted by Crippen LogP contribution is 2.33. The zero-order valence-corrected chi connectivity index (χ0v) is 13.1. The molecule has 0 amide bonds. The number of fused-ring (bicyclic) bond motifs is 1. The zero-order chi connectivity index (χ0) is 14.7. The highest BCUT2D eigenvalue weighted by Gasteiger charge is 2.21. The fraction of sp³-hybridized carbons (Fsp3) is 0.647. The predicted octanol–water partition coefficient (Wildman–Crippen LogP) is 2.59. The molecule has 0 radical (unpaired) electrons. The van der Waals surface area contributed by atoms with Gasteiger partial charge in [0.05, 0.1) is 13.2 Å². The van der Waals surface area contributed by atoms with Gasteiger partial charge >= 0.3 is 0 Å². The lowest BCUT2D eigenvalue weighted by Gasteiger charge is -2.28. The summed E-state index contributed by atoms with van der Waals surface area (Å²) in [6, 6.07) is 7.37. The van der Waals surface area contributed by atoms with Gasteiger partial charge in [-0.25, -0.2) is 0 Å². The summed E-state index contributed by atoms with van der Waals surface area (Å²) in [6.45, 7) is 6.00. The SMILES string of the molecule is CC(c1ccc2c(c1)OCCCO2)N(C)CC1CCCN1. The summed E-state index contributed by atoms with van der Waals surface area (Å²) in [5.41, 5.74) is 1.29. The summed E-state index contributed by atoms with van der Waals surface area (Å²) in [6.07, 6.45) is 3.54. The van der Waals surface area contributed by atoms with E-state index in [0.29, 0.717) is 12.1 Å². The first-order valence-corrected chi connectivity index (χ1v) is 8.07. The Morgan fingerprint density at radius 3 is 2.81 bits per heavy atom. The van der Waals surface area contributed by atoms with Gasteiger partial charge < -0.3 is 14.8 Å². The van der Waals surface area contributed by atoms with Crippen LogP contribution in [0, 0.1) is 0 Å². The molecule has 2 aliphatic rings. The number of hydrogen-bond donors (Lipinski definition) is 1. The molecule has 2 atom stereocenters. The Kier molecular flexibility index (Phi) is 4.66. The number of nitrogens with one attached hydrogen (secondary N) is 1. The first kappa shape index (κ1) is 14.7. The number of rotatable bonds is 4. The maximum absolute atomic E-state index is 5.80. The van der Waals surface area contributed by atoms with E-state index < -0.39 is 0 Å². The van der Waals surface area contributed by atoms with Gasteiger partial charge in [-0.3, -0.25) is 4.90 Å². The van der Waals surface area contributed by atoms with Crippen molar-refractivity contribution in [3.63, 3.8) is 0 Å². The summed E-state index contributed by atoms with van der Waals surface area (Å²) in [4.78, 5) is 2.42. The monoisotopic (exact) mass is 290 g/mol. The second-order valence-corrected chi connectivity index (χ2v) is 6.17. The van der Waals surface area contributed by atoms with E-state index in [1.54, 1.807) is 0 Å². The molecule has 1 aromatic rings. The molecule has 0 spiro atoms. The summed E-state index contributed by atoms with van der Waals surface area (Å²) >= 11 is 0. The van der Waals surface area contributed by atoms with Crippen molar-refractivity contribution in [3.05, 3.63) is 23.8 Å². The molecule has 1 aromatic carbocycles. The topological polar surface area (TPSA) is 33.7 Å². The van der Waals surface area contributed by atoms with Crippen molar-refractivity contribution in [1.82, 2.24) is 10.2 Å². The minimum atomic E-state index is 0.379. The van der Waals surface area contributed by atoms with Crippen LogP contribution in [-0.4, -0.2) is 44.3 Å². The third-order valence-corrected chi connectivity index (χ3v) is 4.59. The summed E-state index contributed by atoms with van der Waals surface area (Å²) in [5.74, 6) is 1.77. The van der Waals surface area contributed by atoms with Crippen LogP contribution in [0.15, 0.2) is 18.2 Å². The largest absolute Gasteiger partial charge is 0.490 e. The van der Waals surface area contributed by atoms with E-state index in [9.17, 15) is 0 Å². The van der Waals surface area contributed by atoms with Gasteiger partial charge in [-0.15, -0.1) is 0 Å². The smallest absolute Gasteiger partial charge is 0.161 e. The van der Waals surface area contributed by atoms with Gasteiger partial charge in [0.15, 0.2) is 11.5 Å². The van der Waals surface area contributed by atoms with Crippen molar-refractivity contribution in [2.75, 3.05) is 33.4 Å². The molecule has 2 heterocycles. The Hall–Kier alpha value is -1.26. The Morgan fingerprint density at radius 1 is 1.24 bits per heavy atom. The van der Waals surface area contributed by atoms with E-state index in [0.717, 1.165) is 44.2 Å². The lowest BCUT2D eigenvalue weighted by molar-refractivity contribution is 0.237. The normalized spacial score (nSPS) is 23.1. The van der Waals surface area contributed by atoms with Gasteiger partial charge in [-0.05, 0) is 51.1 Å². The van der Waals surface area contributed by atoms with E-state index in [1.165, 1.54) is 18.4 Å². The molecule has 0 aliphatic carbocycles. The second kappa shape index (κ2) is 6.67. The van der Waals surface area contributed by atoms with Crippen LogP contribution in [0.2, 0.25) is 0 Å². The van der Waals surface area contributed by atoms with E-state index >= 15 is 0 Å². The lowest BCUT2D eigenvalue weighted by Crippen LogP contribution is -2.36. The number of nitrogens with zero attached hydrogens (tertiary/aromatic N) is 1. The van der Waals surface area contributed by atoms with Crippen molar-refractivity contribution >= 4 is 0 Å². The average Bonchev–Trinajstić information content (AvgIpc) is 2.89. The molecule has 1 fully saturated rings. The molecular weight excluding hydrogens is 264 g/mol. The van der Waals surface area contributed by atoms with Gasteiger partial charge in [-0.1, -0.05) is 6.07 Å². The molecule has 4 heteroatoms. The molecule has 2 aliphatic heterocycles. The van der Waals surface area contributed by atoms with Crippen LogP contribution in [0.3, 0.4) is 0 Å². The molecule has 0 aromatic heterocycles. The summed E-state index contributed by atoms with van der Waals surface area (Å²) in [7, 11) is 2.20. The first-order valence-electron chi connectivity index (χ1n) is 8.07. The van der Waals surface area contributed by atoms with Crippen LogP contribution >= 0.6 is 0 Å². The Balaban J connectivity index is 1.68. The van der Waals surface area contributed by atoms with Gasteiger partial charge in [0.25, 0.3) is 0 Å². The summed E-state index contributed by atoms with van der Waals surface area (Å²) in [5, 5.41) is 3.57. The number of hydrogen-bond acceptors (Lipinski definition) is 4. The van der Waals surface area contributed by atoms with Crippen LogP contribution in [0.25, 0.3) is 0 Å². The van der Waals surface area contributed by atoms with Crippen LogP contribution in [0.4, 0.5) is 0 Å². The van der Waals surface area contributed by atoms with Gasteiger partial charge in [0, 0.05) is 25.0 Å². The molecule has 1 saturated heterocycles. The molecule has 1 N–H and O–H groups in total. The van der Waals surface area contributed by atoms with Crippen molar-refractivity contribution < 1.29 is 9.47 Å². The van der Waals surface area contributed by atoms with Crippen LogP contribution in [0.1, 0.15) is 37.8 Å². The fourth-order valence-electron chi connectivity index (χ4n) is 3.11. The summed E-state index contributed by atoms with van der Waals surface area (Å²) < 4.78 is 11.5. The first-order chi connectivity index (χ1) is 10.2. The predicted molar refractivity (Wildman–Crippen MR) is 84.1 cm³/mol. The molecular formula is C17H26N2O2. The maximum Gasteiger partial charge on any atom is 0.161 e. The third kappa shape index (κ3) is 3.50. The standard InChI is InChI=1S/C17H26N2O2/c1-13(19(2)12-15-5-3-8-18-15)14-6-7-16-17(11-14)21-10-4-9-20-16/h6-7,11,13,15,18H,3-5,8-10,12H2,1-2H3. The number of likely N-dealkylation sites (N-methyl/N-ethyl adjacent to an activating group) is 1. The minimum Gasteiger partial charge on any atom is -0.490 e. The number of ether oxygens (including phenoxy) is 2. The molecule has 21 heavy (non-hydrogen) atoms. The molecule has 4 nitrogen and oxygen atoms in total. The molecule has 116 valence electrons. The third-order valence-electron chi connectivity index (χ3n) is 4.59. The van der Waals surface area contributed by atoms with Crippen molar-refractivity contribution in [1.29, 1.82) is 0 Å². The van der Waals surface area contributed by atoms with E-state index in [4.69, 9.17) is 9.47 Å². The van der Waals surface area contributed by atoms with E-state index in [1.807, 2.05) is 6.07 Å². The molecule has 2 unspecified atom stereocenters. The fourth-order valence-corrected chi connectivity index (χ4v) is 3.11. The van der Waals surface area contributed by atoms with Gasteiger partial charge in [0.1, 0.15) is 0 Å². The van der Waals surface area contributed by atoms with Crippen molar-refractivity contribution in [2.24, 2.45) is 0 Å². The minimum absolute atomic E-state index is 0.379. The number of benzene rings is 1. The molecule has 0 saturated carbocycles. The van der Waals surface area contributed by atoms with Crippen LogP contribution in [-0.2, 0) is 0 Å². The van der Waals surface area contributed by atoms with Crippen LogP contribution < -0.4 is 14.8 Å². The average molecular weight is 290 g/mol. The second-order valence-electron chi connectivity index (χ2n) is 6.17. The van der Waals surface area contributed by atoms with E-state index in [-0.39, 0.29) is 0 Å². The molecule has 3 rings (SSSR count). The van der Waals surface area contributed by atoms with Gasteiger partial charge in [-0.2, -0.15) is 0 Å². The lowest BCUT2D eigenvalue weighted by atomic mass is 10.1.